The van der Waals surface area contributed by atoms with Gasteiger partial charge in [-0.2, -0.15) is 5.10 Å². The number of nitrogens with zero attached hydrogens (tertiary/aromatic N) is 2. The van der Waals surface area contributed by atoms with Crippen LogP contribution in [-0.2, 0) is 4.79 Å². The number of amides is 2. The first-order valence-corrected chi connectivity index (χ1v) is 7.89. The minimum atomic E-state index is -0.331. The minimum absolute atomic E-state index is 0.180. The van der Waals surface area contributed by atoms with Crippen molar-refractivity contribution in [3.8, 4) is 0 Å². The number of carbonyl (C=O) groups excluding carboxylic acids is 2. The molecule has 0 saturated heterocycles. The van der Waals surface area contributed by atoms with Gasteiger partial charge in [0.05, 0.1) is 17.3 Å². The second-order valence-electron chi connectivity index (χ2n) is 5.82. The Labute approximate surface area is 130 Å². The summed E-state index contributed by atoms with van der Waals surface area (Å²) in [5.41, 5.74) is 12.2. The molecule has 2 rings (SSSR count). The van der Waals surface area contributed by atoms with E-state index in [9.17, 15) is 9.59 Å². The van der Waals surface area contributed by atoms with Crippen LogP contribution >= 0.6 is 0 Å². The smallest absolute Gasteiger partial charge is 0.273 e. The van der Waals surface area contributed by atoms with E-state index in [4.69, 9.17) is 5.73 Å². The van der Waals surface area contributed by atoms with Gasteiger partial charge in [-0.25, -0.2) is 0 Å². The number of carbonyl (C=O) groups is 2. The molecule has 1 saturated carbocycles. The van der Waals surface area contributed by atoms with Crippen molar-refractivity contribution in [2.45, 2.75) is 58.4 Å². The Hall–Kier alpha value is -1.89. The number of aryl methyl sites for hydroxylation is 1. The lowest BCUT2D eigenvalue weighted by Crippen LogP contribution is -2.42. The van der Waals surface area contributed by atoms with Crippen LogP contribution in [0.1, 0.15) is 66.3 Å². The van der Waals surface area contributed by atoms with Crippen LogP contribution in [0.2, 0.25) is 0 Å². The molecule has 0 aromatic carbocycles. The highest BCUT2D eigenvalue weighted by atomic mass is 16.2. The van der Waals surface area contributed by atoms with Crippen molar-refractivity contribution < 1.29 is 9.59 Å². The highest BCUT2D eigenvalue weighted by Gasteiger charge is 2.24. The van der Waals surface area contributed by atoms with Crippen LogP contribution in [0.15, 0.2) is 0 Å². The normalized spacial score (nSPS) is 15.6. The van der Waals surface area contributed by atoms with Crippen molar-refractivity contribution in [1.29, 1.82) is 0 Å². The van der Waals surface area contributed by atoms with Gasteiger partial charge in [-0.1, -0.05) is 19.3 Å². The summed E-state index contributed by atoms with van der Waals surface area (Å²) in [6.07, 6.45) is 6.09. The van der Waals surface area contributed by atoms with Gasteiger partial charge in [0.1, 0.15) is 0 Å². The fourth-order valence-corrected chi connectivity index (χ4v) is 3.06. The predicted octanol–water partition coefficient (Wildman–Crippen LogP) is 1.11. The van der Waals surface area contributed by atoms with Crippen molar-refractivity contribution >= 4 is 11.8 Å². The summed E-state index contributed by atoms with van der Waals surface area (Å²) in [6.45, 7) is 3.98. The maximum Gasteiger partial charge on any atom is 0.273 e. The van der Waals surface area contributed by atoms with Crippen molar-refractivity contribution in [3.05, 3.63) is 17.0 Å². The molecule has 0 aliphatic heterocycles. The average molecular weight is 307 g/mol. The van der Waals surface area contributed by atoms with E-state index in [0.717, 1.165) is 18.5 Å². The third-order valence-electron chi connectivity index (χ3n) is 4.16. The molecule has 1 fully saturated rings. The van der Waals surface area contributed by atoms with Gasteiger partial charge in [0.15, 0.2) is 0 Å². The molecular formula is C15H25N5O2. The first kappa shape index (κ1) is 16.5. The molecule has 7 nitrogen and oxygen atoms in total. The Morgan fingerprint density at radius 3 is 2.55 bits per heavy atom. The van der Waals surface area contributed by atoms with Gasteiger partial charge < -0.3 is 5.73 Å². The molecule has 1 aliphatic carbocycles. The Kier molecular flexibility index (Phi) is 5.54. The number of aromatic nitrogens is 2. The molecule has 1 aromatic heterocycles. The van der Waals surface area contributed by atoms with Crippen molar-refractivity contribution in [3.63, 3.8) is 0 Å². The number of hydrogen-bond acceptors (Lipinski definition) is 4. The summed E-state index contributed by atoms with van der Waals surface area (Å²) >= 11 is 0. The minimum Gasteiger partial charge on any atom is -0.330 e. The van der Waals surface area contributed by atoms with Crippen LogP contribution in [0.3, 0.4) is 0 Å². The molecule has 4 N–H and O–H groups in total. The molecule has 0 spiro atoms. The molecule has 22 heavy (non-hydrogen) atoms. The van der Waals surface area contributed by atoms with Crippen LogP contribution in [0.25, 0.3) is 0 Å². The number of nitrogens with one attached hydrogen (secondary N) is 2. The zero-order valence-electron chi connectivity index (χ0n) is 13.3. The summed E-state index contributed by atoms with van der Waals surface area (Å²) in [4.78, 5) is 23.7. The van der Waals surface area contributed by atoms with Gasteiger partial charge in [-0.3, -0.25) is 25.1 Å². The lowest BCUT2D eigenvalue weighted by atomic mass is 9.95. The Morgan fingerprint density at radius 2 is 1.91 bits per heavy atom. The third kappa shape index (κ3) is 3.65. The summed E-state index contributed by atoms with van der Waals surface area (Å²) < 4.78 is 1.98. The Balaban J connectivity index is 2.08. The predicted molar refractivity (Wildman–Crippen MR) is 83.1 cm³/mol. The van der Waals surface area contributed by atoms with Gasteiger partial charge in [0.25, 0.3) is 5.91 Å². The largest absolute Gasteiger partial charge is 0.330 e. The Morgan fingerprint density at radius 1 is 1.23 bits per heavy atom. The molecular weight excluding hydrogens is 282 g/mol. The molecule has 0 radical (unpaired) electrons. The molecule has 0 bridgehead atoms. The summed E-state index contributed by atoms with van der Waals surface area (Å²) in [7, 11) is 0. The maximum absolute atomic E-state index is 12.3. The standard InChI is InChI=1S/C15H25N5O2/c1-10-14(15(22)18-17-13(21)8-9-16)11(2)20(19-10)12-6-4-3-5-7-12/h12H,3-9,16H2,1-2H3,(H,17,21)(H,18,22). The quantitative estimate of drug-likeness (QED) is 0.725. The second kappa shape index (κ2) is 7.40. The van der Waals surface area contributed by atoms with E-state index < -0.39 is 0 Å². The van der Waals surface area contributed by atoms with Gasteiger partial charge in [0.2, 0.25) is 5.91 Å². The number of nitrogens with two attached hydrogens (primary N) is 1. The van der Waals surface area contributed by atoms with Gasteiger partial charge in [0, 0.05) is 18.7 Å². The van der Waals surface area contributed by atoms with Crippen LogP contribution in [0.5, 0.6) is 0 Å². The van der Waals surface area contributed by atoms with Crippen molar-refractivity contribution in [2.24, 2.45) is 5.73 Å². The van der Waals surface area contributed by atoms with Crippen LogP contribution < -0.4 is 16.6 Å². The van der Waals surface area contributed by atoms with E-state index in [1.54, 1.807) is 0 Å². The topological polar surface area (TPSA) is 102 Å². The van der Waals surface area contributed by atoms with E-state index >= 15 is 0 Å². The fourth-order valence-electron chi connectivity index (χ4n) is 3.06. The molecule has 0 atom stereocenters. The average Bonchev–Trinajstić information content (AvgIpc) is 2.81. The van der Waals surface area contributed by atoms with Crippen molar-refractivity contribution in [1.82, 2.24) is 20.6 Å². The highest BCUT2D eigenvalue weighted by molar-refractivity contribution is 5.97. The molecule has 0 unspecified atom stereocenters. The number of hydrogen-bond donors (Lipinski definition) is 3. The Bertz CT molecular complexity index is 546. The summed E-state index contributed by atoms with van der Waals surface area (Å²) in [5.74, 6) is -0.631. The summed E-state index contributed by atoms with van der Waals surface area (Å²) in [5, 5.41) is 4.54. The maximum atomic E-state index is 12.3. The zero-order valence-corrected chi connectivity index (χ0v) is 13.3. The van der Waals surface area contributed by atoms with Crippen LogP contribution in [0.4, 0.5) is 0 Å². The zero-order chi connectivity index (χ0) is 16.1. The molecule has 1 aromatic rings. The van der Waals surface area contributed by atoms with E-state index in [0.29, 0.717) is 17.3 Å². The number of hydrazine groups is 1. The monoisotopic (exact) mass is 307 g/mol. The second-order valence-corrected chi connectivity index (χ2v) is 5.82. The van der Waals surface area contributed by atoms with E-state index in [2.05, 4.69) is 16.0 Å². The van der Waals surface area contributed by atoms with Crippen molar-refractivity contribution in [2.75, 3.05) is 6.54 Å². The highest BCUT2D eigenvalue weighted by Crippen LogP contribution is 2.30. The molecule has 1 heterocycles. The van der Waals surface area contributed by atoms with Gasteiger partial charge in [-0.05, 0) is 26.7 Å². The lowest BCUT2D eigenvalue weighted by molar-refractivity contribution is -0.121. The SMILES string of the molecule is Cc1nn(C2CCCCC2)c(C)c1C(=O)NNC(=O)CCN. The van der Waals surface area contributed by atoms with Gasteiger partial charge in [-0.15, -0.1) is 0 Å². The van der Waals surface area contributed by atoms with E-state index in [1.165, 1.54) is 19.3 Å². The molecule has 2 amide bonds. The first-order valence-electron chi connectivity index (χ1n) is 7.89. The van der Waals surface area contributed by atoms with Crippen LogP contribution in [0, 0.1) is 13.8 Å². The molecule has 122 valence electrons. The third-order valence-corrected chi connectivity index (χ3v) is 4.16. The lowest BCUT2D eigenvalue weighted by Gasteiger charge is -2.23. The van der Waals surface area contributed by atoms with E-state index in [-0.39, 0.29) is 24.8 Å². The fraction of sp³-hybridized carbons (Fsp3) is 0.667. The van der Waals surface area contributed by atoms with E-state index in [1.807, 2.05) is 18.5 Å². The van der Waals surface area contributed by atoms with Crippen LogP contribution in [-0.4, -0.2) is 28.1 Å². The molecule has 7 heteroatoms. The summed E-state index contributed by atoms with van der Waals surface area (Å²) in [6, 6.07) is 0.376. The number of rotatable bonds is 4. The van der Waals surface area contributed by atoms with Gasteiger partial charge >= 0.3 is 0 Å². The molecule has 1 aliphatic rings. The first-order chi connectivity index (χ1) is 10.5.